The molecule has 0 aromatic heterocycles. The summed E-state index contributed by atoms with van der Waals surface area (Å²) in [5.41, 5.74) is 5.73. The summed E-state index contributed by atoms with van der Waals surface area (Å²) < 4.78 is 5.30. The highest BCUT2D eigenvalue weighted by molar-refractivity contribution is 5.85. The molecule has 1 aliphatic rings. The number of amides is 1. The summed E-state index contributed by atoms with van der Waals surface area (Å²) in [6, 6.07) is -0.339. The average molecular weight is 294 g/mol. The smallest absolute Gasteiger partial charge is 0.236 e. The van der Waals surface area contributed by atoms with Crippen molar-refractivity contribution in [1.29, 1.82) is 0 Å². The van der Waals surface area contributed by atoms with E-state index in [0.29, 0.717) is 0 Å². The van der Waals surface area contributed by atoms with Gasteiger partial charge in [0.15, 0.2) is 0 Å². The Hall–Kier alpha value is -0.360. The number of hydrogen-bond acceptors (Lipinski definition) is 4. The lowest BCUT2D eigenvalue weighted by atomic mass is 10.1. The Kier molecular flexibility index (Phi) is 11.2. The largest absolute Gasteiger partial charge is 0.379 e. The van der Waals surface area contributed by atoms with E-state index in [2.05, 4.69) is 10.2 Å². The Morgan fingerprint density at radius 3 is 2.68 bits per heavy atom. The SMILES string of the molecule is CCCC(N)C(=O)NCCCCN1CCOCC1.Cl. The Labute approximate surface area is 122 Å². The minimum atomic E-state index is -0.339. The van der Waals surface area contributed by atoms with Crippen LogP contribution in [0.3, 0.4) is 0 Å². The summed E-state index contributed by atoms with van der Waals surface area (Å²) in [6.07, 6.45) is 3.84. The van der Waals surface area contributed by atoms with Crippen molar-refractivity contribution < 1.29 is 9.53 Å². The quantitative estimate of drug-likeness (QED) is 0.649. The van der Waals surface area contributed by atoms with Gasteiger partial charge in [-0.25, -0.2) is 0 Å². The number of carbonyl (C=O) groups excluding carboxylic acids is 1. The van der Waals surface area contributed by atoms with Gasteiger partial charge in [-0.15, -0.1) is 12.4 Å². The van der Waals surface area contributed by atoms with Gasteiger partial charge in [-0.05, 0) is 25.8 Å². The van der Waals surface area contributed by atoms with Crippen LogP contribution in [0.5, 0.6) is 0 Å². The number of carbonyl (C=O) groups is 1. The van der Waals surface area contributed by atoms with E-state index < -0.39 is 0 Å². The van der Waals surface area contributed by atoms with Crippen LogP contribution in [0.25, 0.3) is 0 Å². The molecule has 19 heavy (non-hydrogen) atoms. The maximum atomic E-state index is 11.5. The molecule has 0 radical (unpaired) electrons. The van der Waals surface area contributed by atoms with Crippen LogP contribution in [-0.2, 0) is 9.53 Å². The van der Waals surface area contributed by atoms with Crippen molar-refractivity contribution >= 4 is 18.3 Å². The third kappa shape index (κ3) is 8.42. The highest BCUT2D eigenvalue weighted by Gasteiger charge is 2.11. The maximum Gasteiger partial charge on any atom is 0.236 e. The molecule has 6 heteroatoms. The monoisotopic (exact) mass is 293 g/mol. The second-order valence-corrected chi connectivity index (χ2v) is 4.85. The fourth-order valence-electron chi connectivity index (χ4n) is 2.07. The fourth-order valence-corrected chi connectivity index (χ4v) is 2.07. The Bertz CT molecular complexity index is 236. The van der Waals surface area contributed by atoms with Gasteiger partial charge >= 0.3 is 0 Å². The lowest BCUT2D eigenvalue weighted by Crippen LogP contribution is -2.41. The molecule has 1 fully saturated rings. The van der Waals surface area contributed by atoms with Gasteiger partial charge in [-0.2, -0.15) is 0 Å². The van der Waals surface area contributed by atoms with Crippen molar-refractivity contribution in [2.75, 3.05) is 39.4 Å². The van der Waals surface area contributed by atoms with E-state index in [4.69, 9.17) is 10.5 Å². The van der Waals surface area contributed by atoms with E-state index in [9.17, 15) is 4.79 Å². The summed E-state index contributed by atoms with van der Waals surface area (Å²) in [5.74, 6) is -0.0109. The minimum Gasteiger partial charge on any atom is -0.379 e. The number of hydrogen-bond donors (Lipinski definition) is 2. The van der Waals surface area contributed by atoms with E-state index in [0.717, 1.165) is 65.1 Å². The molecule has 3 N–H and O–H groups in total. The molecule has 1 aliphatic heterocycles. The molecule has 0 bridgehead atoms. The number of rotatable bonds is 8. The van der Waals surface area contributed by atoms with Crippen molar-refractivity contribution in [3.8, 4) is 0 Å². The molecule has 0 saturated carbocycles. The minimum absolute atomic E-state index is 0. The second kappa shape index (κ2) is 11.5. The molecule has 1 rings (SSSR count). The number of ether oxygens (including phenoxy) is 1. The van der Waals surface area contributed by atoms with E-state index in [1.54, 1.807) is 0 Å². The molecule has 5 nitrogen and oxygen atoms in total. The number of unbranched alkanes of at least 4 members (excludes halogenated alkanes) is 1. The van der Waals surface area contributed by atoms with Gasteiger partial charge in [0.25, 0.3) is 0 Å². The second-order valence-electron chi connectivity index (χ2n) is 4.85. The van der Waals surface area contributed by atoms with Crippen LogP contribution in [0.15, 0.2) is 0 Å². The lowest BCUT2D eigenvalue weighted by Gasteiger charge is -2.26. The summed E-state index contributed by atoms with van der Waals surface area (Å²) in [4.78, 5) is 13.9. The van der Waals surface area contributed by atoms with Crippen molar-refractivity contribution in [1.82, 2.24) is 10.2 Å². The highest BCUT2D eigenvalue weighted by atomic mass is 35.5. The van der Waals surface area contributed by atoms with Crippen LogP contribution in [0.2, 0.25) is 0 Å². The molecule has 1 amide bonds. The molecule has 0 aromatic rings. The fraction of sp³-hybridized carbons (Fsp3) is 0.923. The topological polar surface area (TPSA) is 67.6 Å². The zero-order chi connectivity index (χ0) is 13.2. The van der Waals surface area contributed by atoms with E-state index in [-0.39, 0.29) is 24.4 Å². The van der Waals surface area contributed by atoms with E-state index >= 15 is 0 Å². The van der Waals surface area contributed by atoms with Crippen LogP contribution >= 0.6 is 12.4 Å². The van der Waals surface area contributed by atoms with Gasteiger partial charge in [0.05, 0.1) is 19.3 Å². The molecule has 0 spiro atoms. The Balaban J connectivity index is 0.00000324. The molecular weight excluding hydrogens is 266 g/mol. The van der Waals surface area contributed by atoms with Crippen LogP contribution in [-0.4, -0.2) is 56.2 Å². The van der Waals surface area contributed by atoms with Crippen LogP contribution in [0, 0.1) is 0 Å². The predicted octanol–water partition coefficient (Wildman–Crippen LogP) is 0.764. The van der Waals surface area contributed by atoms with Gasteiger partial charge in [-0.3, -0.25) is 9.69 Å². The number of nitrogens with two attached hydrogens (primary N) is 1. The standard InChI is InChI=1S/C13H27N3O2.ClH/c1-2-5-12(14)13(17)15-6-3-4-7-16-8-10-18-11-9-16;/h12H,2-11,14H2,1H3,(H,15,17);1H. The molecular formula is C13H28ClN3O2. The molecule has 1 atom stereocenters. The van der Waals surface area contributed by atoms with Crippen molar-refractivity contribution in [2.45, 2.75) is 38.6 Å². The summed E-state index contributed by atoms with van der Waals surface area (Å²) in [7, 11) is 0. The van der Waals surface area contributed by atoms with Crippen LogP contribution < -0.4 is 11.1 Å². The highest BCUT2D eigenvalue weighted by Crippen LogP contribution is 1.99. The van der Waals surface area contributed by atoms with Gasteiger partial charge in [-0.1, -0.05) is 13.3 Å². The van der Waals surface area contributed by atoms with Gasteiger partial charge in [0, 0.05) is 19.6 Å². The molecule has 1 saturated heterocycles. The van der Waals surface area contributed by atoms with Crippen molar-refractivity contribution in [2.24, 2.45) is 5.73 Å². The Morgan fingerprint density at radius 2 is 2.05 bits per heavy atom. The molecule has 0 aromatic carbocycles. The first-order valence-corrected chi connectivity index (χ1v) is 7.07. The van der Waals surface area contributed by atoms with Crippen molar-refractivity contribution in [3.05, 3.63) is 0 Å². The first kappa shape index (κ1) is 18.6. The first-order chi connectivity index (χ1) is 8.74. The summed E-state index contributed by atoms with van der Waals surface area (Å²) in [6.45, 7) is 7.64. The molecule has 1 heterocycles. The molecule has 1 unspecified atom stereocenters. The molecule has 114 valence electrons. The maximum absolute atomic E-state index is 11.5. The lowest BCUT2D eigenvalue weighted by molar-refractivity contribution is -0.122. The predicted molar refractivity (Wildman–Crippen MR) is 79.6 cm³/mol. The Morgan fingerprint density at radius 1 is 1.37 bits per heavy atom. The normalized spacial score (nSPS) is 17.6. The van der Waals surface area contributed by atoms with Gasteiger partial charge in [0.2, 0.25) is 5.91 Å². The summed E-state index contributed by atoms with van der Waals surface area (Å²) in [5, 5.41) is 2.90. The van der Waals surface area contributed by atoms with Gasteiger partial charge < -0.3 is 15.8 Å². The van der Waals surface area contributed by atoms with E-state index in [1.165, 1.54) is 0 Å². The van der Waals surface area contributed by atoms with E-state index in [1.807, 2.05) is 6.92 Å². The zero-order valence-corrected chi connectivity index (χ0v) is 12.7. The number of nitrogens with zero attached hydrogens (tertiary/aromatic N) is 1. The third-order valence-corrected chi connectivity index (χ3v) is 3.24. The van der Waals surface area contributed by atoms with Crippen LogP contribution in [0.1, 0.15) is 32.6 Å². The zero-order valence-electron chi connectivity index (χ0n) is 11.9. The number of nitrogens with one attached hydrogen (secondary N) is 1. The average Bonchev–Trinajstić information content (AvgIpc) is 2.39. The van der Waals surface area contributed by atoms with Crippen LogP contribution in [0.4, 0.5) is 0 Å². The first-order valence-electron chi connectivity index (χ1n) is 7.07. The number of halogens is 1. The number of morpholine rings is 1. The third-order valence-electron chi connectivity index (χ3n) is 3.24. The van der Waals surface area contributed by atoms with Crippen molar-refractivity contribution in [3.63, 3.8) is 0 Å². The van der Waals surface area contributed by atoms with Gasteiger partial charge in [0.1, 0.15) is 0 Å². The summed E-state index contributed by atoms with van der Waals surface area (Å²) >= 11 is 0. The molecule has 0 aliphatic carbocycles.